The molecule has 1 aliphatic heterocycles. The lowest BCUT2D eigenvalue weighted by atomic mass is 9.69. The van der Waals surface area contributed by atoms with Crippen LogP contribution in [0.25, 0.3) is 11.0 Å². The molecule has 1 saturated heterocycles. The summed E-state index contributed by atoms with van der Waals surface area (Å²) in [5.74, 6) is 3.96. The molecule has 5 rings (SSSR count). The minimum atomic E-state index is -2.96. The van der Waals surface area contributed by atoms with E-state index in [4.69, 9.17) is 0 Å². The summed E-state index contributed by atoms with van der Waals surface area (Å²) in [6, 6.07) is 4.48. The molecule has 3 heterocycles. The van der Waals surface area contributed by atoms with E-state index in [1.807, 2.05) is 0 Å². The van der Waals surface area contributed by atoms with E-state index in [0.717, 1.165) is 6.07 Å². The normalized spacial score (nSPS) is 28.4. The number of benzene rings is 1. The molecular formula is C26H28F4N4O2S. The Hall–Kier alpha value is -2.95. The Balaban J connectivity index is 1.50. The van der Waals surface area contributed by atoms with Gasteiger partial charge in [0.2, 0.25) is 0 Å². The van der Waals surface area contributed by atoms with Gasteiger partial charge in [-0.15, -0.1) is 0 Å². The maximum absolute atomic E-state index is 16.3. The number of halogens is 4. The van der Waals surface area contributed by atoms with Gasteiger partial charge in [0.05, 0.1) is 22.6 Å². The Kier molecular flexibility index (Phi) is 6.12. The highest BCUT2D eigenvalue weighted by Gasteiger charge is 2.51. The van der Waals surface area contributed by atoms with Crippen molar-refractivity contribution in [3.8, 4) is 0 Å². The van der Waals surface area contributed by atoms with Crippen molar-refractivity contribution in [3.05, 3.63) is 63.5 Å². The number of fused-ring (bicyclic) bond motifs is 1. The summed E-state index contributed by atoms with van der Waals surface area (Å²) < 4.78 is 70.9. The number of anilines is 1. The number of aryl methyl sites for hydroxylation is 1. The average Bonchev–Trinajstić information content (AvgIpc) is 2.82. The highest BCUT2D eigenvalue weighted by Crippen LogP contribution is 2.52. The van der Waals surface area contributed by atoms with Gasteiger partial charge in [-0.05, 0) is 59.5 Å². The zero-order valence-corrected chi connectivity index (χ0v) is 21.4. The first-order valence-electron chi connectivity index (χ1n) is 12.0. The number of alkyl halides is 3. The molecular weight excluding hydrogens is 508 g/mol. The van der Waals surface area contributed by atoms with Gasteiger partial charge in [-0.2, -0.15) is 0 Å². The largest absolute Gasteiger partial charge is 0.363 e. The summed E-state index contributed by atoms with van der Waals surface area (Å²) >= 11 is 0. The Morgan fingerprint density at radius 3 is 2.41 bits per heavy atom. The van der Waals surface area contributed by atoms with Crippen molar-refractivity contribution in [3.63, 3.8) is 0 Å². The molecule has 1 saturated carbocycles. The molecule has 0 amide bonds. The highest BCUT2D eigenvalue weighted by atomic mass is 32.2. The lowest BCUT2D eigenvalue weighted by Gasteiger charge is -2.50. The summed E-state index contributed by atoms with van der Waals surface area (Å²) in [6.07, 6.45) is -0.442. The molecule has 2 aliphatic rings. The van der Waals surface area contributed by atoms with Crippen molar-refractivity contribution in [2.45, 2.75) is 50.7 Å². The minimum absolute atomic E-state index is 0.0107. The third-order valence-corrected chi connectivity index (χ3v) is 10.1. The Labute approximate surface area is 212 Å². The van der Waals surface area contributed by atoms with Crippen molar-refractivity contribution >= 4 is 32.2 Å². The van der Waals surface area contributed by atoms with E-state index in [9.17, 15) is 22.2 Å². The van der Waals surface area contributed by atoms with Gasteiger partial charge in [-0.3, -0.25) is 13.6 Å². The van der Waals surface area contributed by atoms with Crippen molar-refractivity contribution < 1.29 is 21.8 Å². The number of pyridine rings is 1. The second-order valence-electron chi connectivity index (χ2n) is 10.5. The van der Waals surface area contributed by atoms with Crippen LogP contribution >= 0.6 is 0 Å². The molecule has 1 spiro atoms. The average molecular weight is 537 g/mol. The van der Waals surface area contributed by atoms with E-state index in [1.165, 1.54) is 36.1 Å². The molecule has 6 nitrogen and oxygen atoms in total. The van der Waals surface area contributed by atoms with Gasteiger partial charge >= 0.3 is 0 Å². The third-order valence-electron chi connectivity index (χ3n) is 7.84. The molecule has 198 valence electrons. The minimum Gasteiger partial charge on any atom is -0.363 e. The van der Waals surface area contributed by atoms with Gasteiger partial charge in [0.1, 0.15) is 29.3 Å². The van der Waals surface area contributed by atoms with Gasteiger partial charge < -0.3 is 5.32 Å². The van der Waals surface area contributed by atoms with Crippen molar-refractivity contribution in [2.75, 3.05) is 16.8 Å². The van der Waals surface area contributed by atoms with E-state index in [-0.39, 0.29) is 40.8 Å². The van der Waals surface area contributed by atoms with Crippen LogP contribution in [0.2, 0.25) is 0 Å². The zero-order chi connectivity index (χ0) is 26.8. The lowest BCUT2D eigenvalue weighted by Crippen LogP contribution is -2.52. The number of rotatable bonds is 5. The summed E-state index contributed by atoms with van der Waals surface area (Å²) in [5.41, 5.74) is -2.97. The zero-order valence-electron chi connectivity index (χ0n) is 20.6. The smallest absolute Gasteiger partial charge is 0.266 e. The number of nitrogens with one attached hydrogen (secondary N) is 1. The van der Waals surface area contributed by atoms with E-state index in [1.54, 1.807) is 6.92 Å². The molecule has 1 atom stereocenters. The van der Waals surface area contributed by atoms with Crippen molar-refractivity contribution in [1.29, 1.82) is 0 Å². The van der Waals surface area contributed by atoms with Crippen LogP contribution in [0.3, 0.4) is 0 Å². The topological polar surface area (TPSA) is 76.9 Å². The molecule has 11 heteroatoms. The van der Waals surface area contributed by atoms with E-state index >= 15 is 4.39 Å². The lowest BCUT2D eigenvalue weighted by molar-refractivity contribution is 0.0484. The highest BCUT2D eigenvalue weighted by molar-refractivity contribution is 8.01. The first kappa shape index (κ1) is 25.7. The maximum Gasteiger partial charge on any atom is 0.266 e. The van der Waals surface area contributed by atoms with Crippen LogP contribution in [0, 0.1) is 11.2 Å². The van der Waals surface area contributed by atoms with E-state index in [2.05, 4.69) is 21.2 Å². The van der Waals surface area contributed by atoms with Crippen molar-refractivity contribution in [2.24, 2.45) is 12.5 Å². The predicted molar refractivity (Wildman–Crippen MR) is 137 cm³/mol. The molecule has 1 N–H and O–H groups in total. The second-order valence-corrected chi connectivity index (χ2v) is 13.0. The second kappa shape index (κ2) is 8.82. The van der Waals surface area contributed by atoms with Gasteiger partial charge in [-0.1, -0.05) is 18.2 Å². The number of nitrogens with zero attached hydrogens (tertiary/aromatic N) is 3. The number of hydrogen-bond donors (Lipinski definition) is 1. The van der Waals surface area contributed by atoms with Crippen LogP contribution in [-0.2, 0) is 22.2 Å². The van der Waals surface area contributed by atoms with Gasteiger partial charge in [0.15, 0.2) is 0 Å². The molecule has 0 bridgehead atoms. The van der Waals surface area contributed by atoms with Crippen LogP contribution in [0.15, 0.2) is 35.4 Å². The van der Waals surface area contributed by atoms with Crippen molar-refractivity contribution in [1.82, 2.24) is 14.5 Å². The fraction of sp³-hybridized carbons (Fsp3) is 0.462. The number of aromatic nitrogens is 3. The molecule has 3 aromatic rings. The molecule has 37 heavy (non-hydrogen) atoms. The summed E-state index contributed by atoms with van der Waals surface area (Å²) in [7, 11) is -0.570. The Morgan fingerprint density at radius 1 is 1.14 bits per heavy atom. The fourth-order valence-corrected chi connectivity index (χ4v) is 8.59. The SMILES string of the molecule is C=S1(=O)CC2(CCC(F)(c3cc4c(N[C@H](C)c5cccc(C(F)F)c5F)ncnc4n(C)c3=O)CC2)C1. The van der Waals surface area contributed by atoms with Gasteiger partial charge in [-0.25, -0.2) is 27.5 Å². The van der Waals surface area contributed by atoms with Crippen LogP contribution in [0.1, 0.15) is 61.8 Å². The first-order valence-corrected chi connectivity index (χ1v) is 14.1. The quantitative estimate of drug-likeness (QED) is 0.366. The van der Waals surface area contributed by atoms with Crippen LogP contribution < -0.4 is 10.9 Å². The molecule has 2 aromatic heterocycles. The monoisotopic (exact) mass is 536 g/mol. The first-order chi connectivity index (χ1) is 17.3. The van der Waals surface area contributed by atoms with Crippen LogP contribution in [0.4, 0.5) is 23.4 Å². The van der Waals surface area contributed by atoms with Crippen LogP contribution in [-0.4, -0.2) is 36.1 Å². The molecule has 1 aliphatic carbocycles. The summed E-state index contributed by atoms with van der Waals surface area (Å²) in [4.78, 5) is 21.6. The van der Waals surface area contributed by atoms with E-state index < -0.39 is 44.6 Å². The third kappa shape index (κ3) is 4.41. The predicted octanol–water partition coefficient (Wildman–Crippen LogP) is 5.03. The Morgan fingerprint density at radius 2 is 1.78 bits per heavy atom. The fourth-order valence-electron chi connectivity index (χ4n) is 5.87. The molecule has 1 aromatic carbocycles. The summed E-state index contributed by atoms with van der Waals surface area (Å²) in [6.45, 7) is 1.60. The van der Waals surface area contributed by atoms with E-state index in [0.29, 0.717) is 29.7 Å². The van der Waals surface area contributed by atoms with Crippen LogP contribution in [0.5, 0.6) is 0 Å². The molecule has 0 unspecified atom stereocenters. The van der Waals surface area contributed by atoms with Gasteiger partial charge in [0, 0.05) is 24.1 Å². The summed E-state index contributed by atoms with van der Waals surface area (Å²) in [5, 5.41) is 3.38. The number of hydrogen-bond acceptors (Lipinski definition) is 5. The Bertz CT molecular complexity index is 1530. The maximum atomic E-state index is 16.3. The molecule has 2 fully saturated rings. The standard InChI is InChI=1S/C26H28F4N4O2S/c1-15(16-5-4-6-17(20(16)27)21(28)29)33-22-18-11-19(24(35)34(2)23(18)32-14-31-22)26(30)9-7-25(8-10-26)12-37(3,36)13-25/h4-6,11,14-15,21H,3,7-10,12-13H2,1-2H3,(H,31,32,33)/t15-,25?,26?,37?/m1/s1. The van der Waals surface area contributed by atoms with Gasteiger partial charge in [0.25, 0.3) is 12.0 Å². The molecule has 0 radical (unpaired) electrons.